The zero-order valence-electron chi connectivity index (χ0n) is 9.86. The number of nitrogens with one attached hydrogen (secondary N) is 1. The first-order chi connectivity index (χ1) is 7.45. The molecule has 2 atom stereocenters. The van der Waals surface area contributed by atoms with Crippen LogP contribution in [0.5, 0.6) is 0 Å². The zero-order valence-corrected chi connectivity index (χ0v) is 9.86. The molecule has 1 saturated heterocycles. The van der Waals surface area contributed by atoms with Crippen molar-refractivity contribution in [3.8, 4) is 0 Å². The SMILES string of the molecule is CCCNC1(C(F)(F)F)CCOC(CC)C1. The summed E-state index contributed by atoms with van der Waals surface area (Å²) < 4.78 is 44.7. The van der Waals surface area contributed by atoms with E-state index in [0.717, 1.165) is 0 Å². The minimum absolute atomic E-state index is 0.0208. The maximum atomic E-state index is 13.1. The van der Waals surface area contributed by atoms with Crippen LogP contribution in [0, 0.1) is 0 Å². The third-order valence-electron chi connectivity index (χ3n) is 3.17. The molecule has 2 unspecified atom stereocenters. The molecule has 0 aromatic carbocycles. The molecule has 0 spiro atoms. The summed E-state index contributed by atoms with van der Waals surface area (Å²) in [6, 6.07) is 0. The largest absolute Gasteiger partial charge is 0.406 e. The summed E-state index contributed by atoms with van der Waals surface area (Å²) in [7, 11) is 0. The summed E-state index contributed by atoms with van der Waals surface area (Å²) in [5, 5.41) is 2.68. The van der Waals surface area contributed by atoms with Gasteiger partial charge in [0.1, 0.15) is 5.54 Å². The van der Waals surface area contributed by atoms with Gasteiger partial charge in [0.2, 0.25) is 0 Å². The molecule has 0 amide bonds. The average molecular weight is 239 g/mol. The Morgan fingerprint density at radius 2 is 2.06 bits per heavy atom. The molecule has 0 bridgehead atoms. The summed E-state index contributed by atoms with van der Waals surface area (Å²) in [6.07, 6.45) is -3.08. The first-order valence-corrected chi connectivity index (χ1v) is 5.88. The molecule has 1 heterocycles. The van der Waals surface area contributed by atoms with Crippen molar-refractivity contribution in [1.82, 2.24) is 5.32 Å². The molecule has 96 valence electrons. The second-order valence-electron chi connectivity index (χ2n) is 4.36. The molecule has 0 aromatic rings. The molecule has 0 saturated carbocycles. The minimum Gasteiger partial charge on any atom is -0.378 e. The molecule has 0 aliphatic carbocycles. The standard InChI is InChI=1S/C11H20F3NO/c1-3-6-15-10(11(12,13)14)5-7-16-9(4-2)8-10/h9,15H,3-8H2,1-2H3. The van der Waals surface area contributed by atoms with Crippen LogP contribution < -0.4 is 5.32 Å². The average Bonchev–Trinajstić information content (AvgIpc) is 2.25. The van der Waals surface area contributed by atoms with Crippen molar-refractivity contribution in [2.45, 2.75) is 57.3 Å². The molecule has 0 radical (unpaired) electrons. The van der Waals surface area contributed by atoms with E-state index in [0.29, 0.717) is 19.4 Å². The van der Waals surface area contributed by atoms with Crippen LogP contribution in [0.1, 0.15) is 39.5 Å². The number of hydrogen-bond acceptors (Lipinski definition) is 2. The van der Waals surface area contributed by atoms with Crippen molar-refractivity contribution in [3.63, 3.8) is 0 Å². The molecule has 16 heavy (non-hydrogen) atoms. The fraction of sp³-hybridized carbons (Fsp3) is 1.00. The Morgan fingerprint density at radius 3 is 2.56 bits per heavy atom. The third-order valence-corrected chi connectivity index (χ3v) is 3.17. The smallest absolute Gasteiger partial charge is 0.378 e. The van der Waals surface area contributed by atoms with E-state index in [1.54, 1.807) is 0 Å². The van der Waals surface area contributed by atoms with Crippen LogP contribution in [0.2, 0.25) is 0 Å². The van der Waals surface area contributed by atoms with E-state index in [1.807, 2.05) is 13.8 Å². The molecule has 1 fully saturated rings. The van der Waals surface area contributed by atoms with Crippen molar-refractivity contribution in [2.24, 2.45) is 0 Å². The normalized spacial score (nSPS) is 31.7. The van der Waals surface area contributed by atoms with Crippen molar-refractivity contribution >= 4 is 0 Å². The Balaban J connectivity index is 2.77. The Kier molecular flexibility index (Phi) is 4.62. The highest BCUT2D eigenvalue weighted by atomic mass is 19.4. The van der Waals surface area contributed by atoms with E-state index in [-0.39, 0.29) is 25.6 Å². The lowest BCUT2D eigenvalue weighted by atomic mass is 9.85. The predicted molar refractivity (Wildman–Crippen MR) is 56.3 cm³/mol. The molecular formula is C11H20F3NO. The van der Waals surface area contributed by atoms with Gasteiger partial charge in [-0.2, -0.15) is 13.2 Å². The van der Waals surface area contributed by atoms with Gasteiger partial charge >= 0.3 is 6.18 Å². The lowest BCUT2D eigenvalue weighted by molar-refractivity contribution is -0.225. The number of rotatable bonds is 4. The van der Waals surface area contributed by atoms with Crippen molar-refractivity contribution in [1.29, 1.82) is 0 Å². The van der Waals surface area contributed by atoms with Gasteiger partial charge in [-0.3, -0.25) is 0 Å². The predicted octanol–water partition coefficient (Wildman–Crippen LogP) is 2.88. The van der Waals surface area contributed by atoms with Crippen LogP contribution >= 0.6 is 0 Å². The van der Waals surface area contributed by atoms with Gasteiger partial charge in [0.05, 0.1) is 6.10 Å². The van der Waals surface area contributed by atoms with Crippen molar-refractivity contribution in [3.05, 3.63) is 0 Å². The van der Waals surface area contributed by atoms with E-state index in [2.05, 4.69) is 5.32 Å². The van der Waals surface area contributed by atoms with E-state index < -0.39 is 11.7 Å². The Labute approximate surface area is 94.5 Å². The monoisotopic (exact) mass is 239 g/mol. The minimum atomic E-state index is -4.20. The third kappa shape index (κ3) is 2.88. The second-order valence-corrected chi connectivity index (χ2v) is 4.36. The quantitative estimate of drug-likeness (QED) is 0.814. The van der Waals surface area contributed by atoms with Crippen LogP contribution in [0.25, 0.3) is 0 Å². The van der Waals surface area contributed by atoms with Crippen molar-refractivity contribution in [2.75, 3.05) is 13.2 Å². The highest BCUT2D eigenvalue weighted by Gasteiger charge is 2.56. The van der Waals surface area contributed by atoms with Crippen LogP contribution in [-0.2, 0) is 4.74 Å². The molecule has 1 rings (SSSR count). The van der Waals surface area contributed by atoms with Crippen LogP contribution in [0.15, 0.2) is 0 Å². The molecule has 1 aliphatic rings. The maximum Gasteiger partial charge on any atom is 0.406 e. The van der Waals surface area contributed by atoms with Gasteiger partial charge in [0.15, 0.2) is 0 Å². The summed E-state index contributed by atoms with van der Waals surface area (Å²) in [6.45, 7) is 4.31. The summed E-state index contributed by atoms with van der Waals surface area (Å²) in [4.78, 5) is 0. The molecular weight excluding hydrogens is 219 g/mol. The van der Waals surface area contributed by atoms with Crippen LogP contribution in [-0.4, -0.2) is 31.0 Å². The van der Waals surface area contributed by atoms with E-state index in [9.17, 15) is 13.2 Å². The maximum absolute atomic E-state index is 13.1. The highest BCUT2D eigenvalue weighted by Crippen LogP contribution is 2.40. The van der Waals surface area contributed by atoms with Gasteiger partial charge in [0.25, 0.3) is 0 Å². The molecule has 5 heteroatoms. The van der Waals surface area contributed by atoms with E-state index >= 15 is 0 Å². The molecule has 0 aromatic heterocycles. The Morgan fingerprint density at radius 1 is 1.38 bits per heavy atom. The van der Waals surface area contributed by atoms with Gasteiger partial charge in [-0.25, -0.2) is 0 Å². The summed E-state index contributed by atoms with van der Waals surface area (Å²) >= 11 is 0. The van der Waals surface area contributed by atoms with Gasteiger partial charge in [-0.1, -0.05) is 13.8 Å². The topological polar surface area (TPSA) is 21.3 Å². The first-order valence-electron chi connectivity index (χ1n) is 5.88. The van der Waals surface area contributed by atoms with Crippen LogP contribution in [0.4, 0.5) is 13.2 Å². The molecule has 1 aliphatic heterocycles. The summed E-state index contributed by atoms with van der Waals surface area (Å²) in [5.41, 5.74) is -1.73. The lowest BCUT2D eigenvalue weighted by Gasteiger charge is -2.42. The number of hydrogen-bond donors (Lipinski definition) is 1. The van der Waals surface area contributed by atoms with Crippen molar-refractivity contribution < 1.29 is 17.9 Å². The first kappa shape index (κ1) is 13.8. The fourth-order valence-corrected chi connectivity index (χ4v) is 2.09. The van der Waals surface area contributed by atoms with Crippen LogP contribution in [0.3, 0.4) is 0 Å². The van der Waals surface area contributed by atoms with E-state index in [4.69, 9.17) is 4.74 Å². The number of alkyl halides is 3. The summed E-state index contributed by atoms with van der Waals surface area (Å²) in [5.74, 6) is 0. The van der Waals surface area contributed by atoms with Gasteiger partial charge in [0, 0.05) is 13.0 Å². The van der Waals surface area contributed by atoms with Gasteiger partial charge in [-0.05, 0) is 25.8 Å². The Bertz CT molecular complexity index is 220. The van der Waals surface area contributed by atoms with E-state index in [1.165, 1.54) is 0 Å². The lowest BCUT2D eigenvalue weighted by Crippen LogP contribution is -2.61. The fourth-order valence-electron chi connectivity index (χ4n) is 2.09. The highest BCUT2D eigenvalue weighted by molar-refractivity contribution is 4.99. The second kappa shape index (κ2) is 5.36. The number of halogens is 3. The Hall–Kier alpha value is -0.290. The van der Waals surface area contributed by atoms with Gasteiger partial charge < -0.3 is 10.1 Å². The molecule has 2 nitrogen and oxygen atoms in total. The number of ether oxygens (including phenoxy) is 1. The van der Waals surface area contributed by atoms with Gasteiger partial charge in [-0.15, -0.1) is 0 Å². The zero-order chi connectivity index (χ0) is 12.2. The molecule has 1 N–H and O–H groups in total.